The molecule has 50 heteroatoms. The van der Waals surface area contributed by atoms with Crippen LogP contribution in [0.1, 0.15) is 147 Å². The van der Waals surface area contributed by atoms with Gasteiger partial charge in [0.15, 0.2) is 5.78 Å². The summed E-state index contributed by atoms with van der Waals surface area (Å²) in [6, 6.07) is 17.1. The highest BCUT2D eigenvalue weighted by molar-refractivity contribution is 9.10. The van der Waals surface area contributed by atoms with Crippen molar-refractivity contribution in [2.24, 2.45) is 0 Å². The molecule has 13 rings (SSSR count). The Bertz CT molecular complexity index is 6260. The number of nitrogens with zero attached hydrogens (tertiary/aromatic N) is 12. The number of ether oxygens (including phenoxy) is 6. The number of nitrogens with two attached hydrogens (primary N) is 1. The van der Waals surface area contributed by atoms with Gasteiger partial charge in [-0.05, 0) is 199 Å². The van der Waals surface area contributed by atoms with Gasteiger partial charge in [0.2, 0.25) is 0 Å². The summed E-state index contributed by atoms with van der Waals surface area (Å²) in [5.41, 5.74) is 8.99. The number of benzene rings is 4. The highest BCUT2D eigenvalue weighted by Gasteiger charge is 2.53. The fourth-order valence-corrected chi connectivity index (χ4v) is 17.8. The third-order valence-corrected chi connectivity index (χ3v) is 28.0. The topological polar surface area (TPSA) is 467 Å². The lowest BCUT2D eigenvalue weighted by atomic mass is 9.86. The zero-order valence-electron chi connectivity index (χ0n) is 83.2. The third-order valence-electron chi connectivity index (χ3n) is 18.8. The van der Waals surface area contributed by atoms with Crippen molar-refractivity contribution in [1.82, 2.24) is 70.7 Å². The molecule has 9 heterocycles. The largest absolute Gasteiger partial charge is 0.515 e. The molecule has 0 radical (unpaired) electrons. The van der Waals surface area contributed by atoms with E-state index in [9.17, 15) is 61.8 Å². The molecule has 0 bridgehead atoms. The Kier molecular flexibility index (Phi) is 44.1. The lowest BCUT2D eigenvalue weighted by Crippen LogP contribution is -2.41. The molecule has 0 unspecified atom stereocenters. The SMILES string of the molecule is CC(C)(C)OC(=O)NCc1nc(-c2cc(F)ccc2CC(=O)c2csc(-c3cnn(COCC[Si](C)(C)C)c3)n2)cs1.CC(C)(C)OC(=O)NCc1nc(-c2cc(F)ccc2N)cs1.CC(C)(C)OC(=O)NCc1nc(-c2cc(F)ccc2[N+](=O)[O-])cs1.CC(C)(C)OC(=O)NCc1nc(B2OC(C)(C)C(C)(C)O2)cs1.C[Si](C)(C)CCOCn1cc(-c2nccs2)cn1.O=C=O.O=[N+]([O-])c1ccc(F)cc1Br. The van der Waals surface area contributed by atoms with Gasteiger partial charge in [0.25, 0.3) is 11.4 Å². The third kappa shape index (κ3) is 42.3. The summed E-state index contributed by atoms with van der Waals surface area (Å²) in [5.74, 6) is -2.07. The molecule has 36 nitrogen and oxygen atoms in total. The van der Waals surface area contributed by atoms with Crippen LogP contribution in [-0.4, -0.2) is 166 Å². The molecule has 4 aromatic carbocycles. The highest BCUT2D eigenvalue weighted by Crippen LogP contribution is 2.38. The number of thiazole rings is 6. The Morgan fingerprint density at radius 1 is 0.510 bits per heavy atom. The second-order valence-electron chi connectivity index (χ2n) is 38.7. The maximum Gasteiger partial charge on any atom is 0.515 e. The van der Waals surface area contributed by atoms with Gasteiger partial charge in [0.1, 0.15) is 94.9 Å². The molecule has 0 spiro atoms. The predicted octanol–water partition coefficient (Wildman–Crippen LogP) is 22.2. The van der Waals surface area contributed by atoms with Crippen LogP contribution in [0.3, 0.4) is 0 Å². The van der Waals surface area contributed by atoms with E-state index in [2.05, 4.69) is 117 Å². The van der Waals surface area contributed by atoms with Crippen molar-refractivity contribution in [1.29, 1.82) is 0 Å². The molecule has 1 aliphatic heterocycles. The molecule has 143 heavy (non-hydrogen) atoms. The summed E-state index contributed by atoms with van der Waals surface area (Å²) in [7, 11) is -2.63. The van der Waals surface area contributed by atoms with E-state index in [1.165, 1.54) is 93.1 Å². The Morgan fingerprint density at radius 3 is 1.30 bits per heavy atom. The van der Waals surface area contributed by atoms with E-state index in [4.69, 9.17) is 53.1 Å². The summed E-state index contributed by atoms with van der Waals surface area (Å²) < 4.78 is 101. The van der Waals surface area contributed by atoms with E-state index in [0.29, 0.717) is 86.1 Å². The lowest BCUT2D eigenvalue weighted by molar-refractivity contribution is -0.385. The van der Waals surface area contributed by atoms with Gasteiger partial charge in [-0.2, -0.15) is 19.8 Å². The van der Waals surface area contributed by atoms with Gasteiger partial charge in [0.05, 0.1) is 92.3 Å². The molecule has 1 aliphatic rings. The maximum absolute atomic E-state index is 14.2. The number of carbonyl (C=O) groups is 5. The van der Waals surface area contributed by atoms with Crippen molar-refractivity contribution in [3.8, 4) is 54.9 Å². The van der Waals surface area contributed by atoms with E-state index >= 15 is 0 Å². The fraction of sp³-hybridized carbons (Fsp3) is 0.419. The maximum atomic E-state index is 14.2. The first-order chi connectivity index (χ1) is 66.6. The first-order valence-corrected chi connectivity index (χ1v) is 57.6. The molecule has 770 valence electrons. The fourth-order valence-electron chi connectivity index (χ4n) is 11.4. The highest BCUT2D eigenvalue weighted by atomic mass is 79.9. The number of nitrogen functional groups attached to an aromatic ring is 1. The first kappa shape index (κ1) is 118. The minimum atomic E-state index is -1.15. The number of carbonyl (C=O) groups excluding carboxylic acids is 7. The van der Waals surface area contributed by atoms with E-state index < -0.39 is 109 Å². The zero-order valence-corrected chi connectivity index (χ0v) is 91.7. The predicted molar refractivity (Wildman–Crippen MR) is 552 cm³/mol. The monoisotopic (exact) mass is 2190 g/mol. The molecule has 4 amide bonds. The minimum Gasteiger partial charge on any atom is -0.444 e. The Morgan fingerprint density at radius 2 is 0.888 bits per heavy atom. The second-order valence-corrected chi connectivity index (χ2v) is 56.3. The van der Waals surface area contributed by atoms with E-state index in [0.717, 1.165) is 75.8 Å². The van der Waals surface area contributed by atoms with Crippen LogP contribution in [0.25, 0.3) is 54.9 Å². The van der Waals surface area contributed by atoms with Gasteiger partial charge in [-0.3, -0.25) is 25.0 Å². The number of aromatic nitrogens is 10. The lowest BCUT2D eigenvalue weighted by Gasteiger charge is -2.32. The molecule has 8 aromatic heterocycles. The number of hydrogen-bond acceptors (Lipinski definition) is 34. The van der Waals surface area contributed by atoms with Crippen molar-refractivity contribution >= 4 is 166 Å². The van der Waals surface area contributed by atoms with E-state index in [1.54, 1.807) is 112 Å². The minimum absolute atomic E-state index is 0.0337. The van der Waals surface area contributed by atoms with Crippen LogP contribution in [0.2, 0.25) is 51.4 Å². The van der Waals surface area contributed by atoms with Crippen molar-refractivity contribution in [3.63, 3.8) is 0 Å². The molecule has 0 atom stereocenters. The molecule has 12 aromatic rings. The molecule has 6 N–H and O–H groups in total. The number of nitrogens with one attached hydrogen (secondary N) is 4. The van der Waals surface area contributed by atoms with Crippen molar-refractivity contribution in [2.75, 3.05) is 18.9 Å². The van der Waals surface area contributed by atoms with Gasteiger partial charge < -0.3 is 64.7 Å². The molecular formula is C93H117BBrF4N17O19S6Si2. The van der Waals surface area contributed by atoms with Gasteiger partial charge in [-0.1, -0.05) is 45.3 Å². The molecule has 1 fully saturated rings. The Hall–Kier alpha value is -11.7. The number of alkyl carbamates (subject to hydrolysis) is 4. The van der Waals surface area contributed by atoms with Crippen molar-refractivity contribution in [3.05, 3.63) is 215 Å². The normalized spacial score (nSPS) is 12.6. The number of halogens is 5. The quantitative estimate of drug-likeness (QED) is 0.00425. The number of ketones is 1. The number of anilines is 1. The van der Waals surface area contributed by atoms with E-state index in [1.807, 2.05) is 88.7 Å². The number of rotatable bonds is 29. The van der Waals surface area contributed by atoms with Crippen LogP contribution in [0.15, 0.2) is 141 Å². The average Bonchev–Trinajstić information content (AvgIpc) is 1.62. The molecule has 1 saturated heterocycles. The summed E-state index contributed by atoms with van der Waals surface area (Å²) in [6.45, 7) is 46.7. The number of nitro benzene ring substituents is 2. The smallest absolute Gasteiger partial charge is 0.444 e. The van der Waals surface area contributed by atoms with Gasteiger partial charge in [0, 0.05) is 127 Å². The summed E-state index contributed by atoms with van der Waals surface area (Å²) in [4.78, 5) is 123. The van der Waals surface area contributed by atoms with Gasteiger partial charge in [-0.25, -0.2) is 76.0 Å². The molecular weight excluding hydrogens is 2070 g/mol. The van der Waals surface area contributed by atoms with Crippen molar-refractivity contribution < 1.29 is 98.7 Å². The molecule has 0 aliphatic carbocycles. The Labute approximate surface area is 860 Å². The summed E-state index contributed by atoms with van der Waals surface area (Å²) >= 11 is 11.2. The van der Waals surface area contributed by atoms with Gasteiger partial charge in [-0.15, -0.1) is 68.0 Å². The van der Waals surface area contributed by atoms with Crippen LogP contribution in [0, 0.1) is 43.5 Å². The van der Waals surface area contributed by atoms with Crippen LogP contribution >= 0.6 is 84.0 Å². The number of hydrogen-bond donors (Lipinski definition) is 5. The average molecular weight is 2190 g/mol. The Balaban J connectivity index is 0.000000241. The zero-order chi connectivity index (χ0) is 106. The first-order valence-electron chi connectivity index (χ1n) is 44.1. The number of nitro groups is 2. The van der Waals surface area contributed by atoms with E-state index in [-0.39, 0.29) is 70.9 Å². The second kappa shape index (κ2) is 53.3. The van der Waals surface area contributed by atoms with Crippen LogP contribution in [0.4, 0.5) is 53.8 Å². The summed E-state index contributed by atoms with van der Waals surface area (Å²) in [5, 5.41) is 55.4. The summed E-state index contributed by atoms with van der Waals surface area (Å²) in [6.07, 6.45) is 7.39. The van der Waals surface area contributed by atoms with Gasteiger partial charge >= 0.3 is 37.6 Å². The number of Topliss-reactive ketones (excluding diaryl/α,β-unsaturated/α-hetero) is 1. The van der Waals surface area contributed by atoms with Crippen LogP contribution in [-0.2, 0) is 93.4 Å². The van der Waals surface area contributed by atoms with Crippen LogP contribution in [0.5, 0.6) is 0 Å². The number of amides is 4. The standard InChI is InChI=1S/C29H36FN5O4S2Si.C15H25BN2O4S.C15H16FN3O4S.C15H18FN3O2S.C12H19N3OSSi.C6H3BrFNO2.CO2/c1-29(2,3)39-28(37)31-14-26-33-23(16-40-26)22-12-21(30)8-7-19(22)11-25(36)24-17-41-27(34-24)20-13-32-35(15-20)18-38-9-10-42(4,5)6;1-13(2,3)20-12(19)17-8-11-18-10(9-23-11)16-21-14(4,5)15(6,7)22-16;1-15(2,3)23-14(20)17-7-13-18-11(8-24-13)10-6-9(16)4-5-12(10)19(21)22;1-15(2,3)21-14(20)18-7-13-19-12(8-22-13)10-6-9(16)4-5-11(10)17;1-18(2,3)7-5-16-10-15-9-11(8-14-15)12-13-4-6-17-12;7-5-3-4(8)1-2-6(5)9(10)11;2-1-3/h7-8,12-13,15-17H,9-11,14,18H2,1-6H3,(H,31,37);9H,8H2,1-7H3,(H,17,19);4-6,8H,7H2,1-3H3,(H,17,20);4-6,8H,7,17H2,1-3H3,(H,18,20);4,6,8-9H,5,7,10H2,1-3H3;1-3H;. The molecule has 0 saturated carbocycles. The van der Waals surface area contributed by atoms with Crippen molar-refractivity contribution in [2.45, 2.75) is 242 Å². The van der Waals surface area contributed by atoms with Crippen LogP contribution < -0.4 is 32.6 Å².